The van der Waals surface area contributed by atoms with E-state index in [-0.39, 0.29) is 5.91 Å². The van der Waals surface area contributed by atoms with Crippen LogP contribution in [0.1, 0.15) is 67.2 Å². The highest BCUT2D eigenvalue weighted by Gasteiger charge is 1.94. The summed E-state index contributed by atoms with van der Waals surface area (Å²) in [6.07, 6.45) is 3.69. The summed E-state index contributed by atoms with van der Waals surface area (Å²) in [5.41, 5.74) is 0. The molecule has 1 N–H and O–H groups in total. The van der Waals surface area contributed by atoms with E-state index in [1.54, 1.807) is 0 Å². The van der Waals surface area contributed by atoms with Crippen molar-refractivity contribution in [2.75, 3.05) is 19.8 Å². The maximum Gasteiger partial charge on any atom is 0.219 e. The first-order valence-electron chi connectivity index (χ1n) is 7.15. The van der Waals surface area contributed by atoms with Gasteiger partial charge in [0.2, 0.25) is 5.91 Å². The summed E-state index contributed by atoms with van der Waals surface area (Å²) in [5, 5.41) is 2.83. The molecule has 0 bridgehead atoms. The lowest BCUT2D eigenvalue weighted by Gasteiger charge is -2.03. The van der Waals surface area contributed by atoms with Crippen LogP contribution in [-0.4, -0.2) is 25.7 Å². The van der Waals surface area contributed by atoms with Crippen LogP contribution in [0.15, 0.2) is 0 Å². The zero-order chi connectivity index (χ0) is 13.9. The Labute approximate surface area is 108 Å². The molecule has 3 heteroatoms. The molecule has 0 heterocycles. The fraction of sp³-hybridized carbons (Fsp3) is 0.929. The van der Waals surface area contributed by atoms with Crippen LogP contribution in [0.4, 0.5) is 0 Å². The number of unbranched alkanes of at least 4 members (excludes halogenated alkanes) is 1. The van der Waals surface area contributed by atoms with Gasteiger partial charge in [0.1, 0.15) is 0 Å². The van der Waals surface area contributed by atoms with E-state index in [1.165, 1.54) is 0 Å². The molecule has 0 aliphatic carbocycles. The standard InChI is InChI=1S/C10H21NO2.2C2H6/c1-3-8-13-9-6-5-7-11-10(12)4-2;2*1-2/h3-9H2,1-2H3,(H,11,12);2*1-2H3. The Morgan fingerprint density at radius 2 is 1.59 bits per heavy atom. The van der Waals surface area contributed by atoms with Gasteiger partial charge < -0.3 is 10.1 Å². The number of nitrogens with one attached hydrogen (secondary N) is 1. The summed E-state index contributed by atoms with van der Waals surface area (Å²) in [6, 6.07) is 0. The summed E-state index contributed by atoms with van der Waals surface area (Å²) < 4.78 is 5.30. The minimum absolute atomic E-state index is 0.134. The highest BCUT2D eigenvalue weighted by molar-refractivity contribution is 5.75. The molecule has 0 aliphatic rings. The molecule has 0 aromatic carbocycles. The van der Waals surface area contributed by atoms with E-state index in [4.69, 9.17) is 4.74 Å². The van der Waals surface area contributed by atoms with E-state index < -0.39 is 0 Å². The Morgan fingerprint density at radius 3 is 2.06 bits per heavy atom. The smallest absolute Gasteiger partial charge is 0.219 e. The third-order valence-electron chi connectivity index (χ3n) is 1.71. The average molecular weight is 247 g/mol. The van der Waals surface area contributed by atoms with E-state index in [0.29, 0.717) is 6.42 Å². The predicted octanol–water partition coefficient (Wildman–Crippen LogP) is 3.77. The number of carbonyl (C=O) groups excluding carboxylic acids is 1. The Morgan fingerprint density at radius 1 is 1.00 bits per heavy atom. The van der Waals surface area contributed by atoms with Crippen molar-refractivity contribution in [3.8, 4) is 0 Å². The van der Waals surface area contributed by atoms with Gasteiger partial charge >= 0.3 is 0 Å². The highest BCUT2D eigenvalue weighted by Crippen LogP contribution is 1.90. The number of ether oxygens (including phenoxy) is 1. The minimum atomic E-state index is 0.134. The molecule has 17 heavy (non-hydrogen) atoms. The molecule has 0 fully saturated rings. The third kappa shape index (κ3) is 25.6. The Kier molecular flexibility index (Phi) is 31.4. The summed E-state index contributed by atoms with van der Waals surface area (Å²) in [7, 11) is 0. The van der Waals surface area contributed by atoms with Gasteiger partial charge in [-0.1, -0.05) is 41.5 Å². The van der Waals surface area contributed by atoms with E-state index in [1.807, 2.05) is 34.6 Å². The van der Waals surface area contributed by atoms with Crippen molar-refractivity contribution in [3.05, 3.63) is 0 Å². The van der Waals surface area contributed by atoms with Crippen LogP contribution in [0.25, 0.3) is 0 Å². The van der Waals surface area contributed by atoms with Crippen LogP contribution in [-0.2, 0) is 9.53 Å². The lowest BCUT2D eigenvalue weighted by atomic mass is 10.3. The molecular formula is C14H33NO2. The van der Waals surface area contributed by atoms with Crippen molar-refractivity contribution in [3.63, 3.8) is 0 Å². The van der Waals surface area contributed by atoms with Crippen molar-refractivity contribution in [1.29, 1.82) is 0 Å². The van der Waals surface area contributed by atoms with E-state index >= 15 is 0 Å². The molecule has 106 valence electrons. The second-order valence-electron chi connectivity index (χ2n) is 3.02. The zero-order valence-electron chi connectivity index (χ0n) is 12.8. The van der Waals surface area contributed by atoms with Crippen LogP contribution in [0.2, 0.25) is 0 Å². The summed E-state index contributed by atoms with van der Waals surface area (Å²) in [6.45, 7) is 14.4. The molecule has 0 saturated heterocycles. The minimum Gasteiger partial charge on any atom is -0.381 e. The SMILES string of the molecule is CC.CC.CCCOCCCCNC(=O)CC. The summed E-state index contributed by atoms with van der Waals surface area (Å²) in [5.74, 6) is 0.134. The van der Waals surface area contributed by atoms with Crippen molar-refractivity contribution < 1.29 is 9.53 Å². The Bertz CT molecular complexity index is 127. The quantitative estimate of drug-likeness (QED) is 0.663. The monoisotopic (exact) mass is 247 g/mol. The number of rotatable bonds is 8. The van der Waals surface area contributed by atoms with Crippen LogP contribution in [0.3, 0.4) is 0 Å². The normalized spacial score (nSPS) is 8.35. The Hall–Kier alpha value is -0.570. The molecule has 0 saturated carbocycles. The van der Waals surface area contributed by atoms with Gasteiger partial charge in [0.05, 0.1) is 0 Å². The van der Waals surface area contributed by atoms with Gasteiger partial charge in [-0.3, -0.25) is 4.79 Å². The molecule has 0 aliphatic heterocycles. The molecular weight excluding hydrogens is 214 g/mol. The number of hydrogen-bond donors (Lipinski definition) is 1. The van der Waals surface area contributed by atoms with Crippen LogP contribution >= 0.6 is 0 Å². The largest absolute Gasteiger partial charge is 0.381 e. The van der Waals surface area contributed by atoms with Gasteiger partial charge in [-0.2, -0.15) is 0 Å². The number of hydrogen-bond acceptors (Lipinski definition) is 2. The van der Waals surface area contributed by atoms with Gasteiger partial charge in [0.15, 0.2) is 0 Å². The number of carbonyl (C=O) groups is 1. The average Bonchev–Trinajstić information content (AvgIpc) is 2.42. The first-order chi connectivity index (χ1) is 8.31. The fourth-order valence-electron chi connectivity index (χ4n) is 0.928. The molecule has 0 atom stereocenters. The van der Waals surface area contributed by atoms with Crippen molar-refractivity contribution in [1.82, 2.24) is 5.32 Å². The lowest BCUT2D eigenvalue weighted by molar-refractivity contribution is -0.120. The first-order valence-corrected chi connectivity index (χ1v) is 7.15. The maximum absolute atomic E-state index is 10.8. The molecule has 0 unspecified atom stereocenters. The number of amides is 1. The van der Waals surface area contributed by atoms with Crippen molar-refractivity contribution >= 4 is 5.91 Å². The Balaban J connectivity index is -0.000000439. The van der Waals surface area contributed by atoms with Crippen LogP contribution in [0, 0.1) is 0 Å². The fourth-order valence-corrected chi connectivity index (χ4v) is 0.928. The molecule has 0 radical (unpaired) electrons. The highest BCUT2D eigenvalue weighted by atomic mass is 16.5. The van der Waals surface area contributed by atoms with Gasteiger partial charge in [-0.25, -0.2) is 0 Å². The van der Waals surface area contributed by atoms with Crippen LogP contribution in [0.5, 0.6) is 0 Å². The predicted molar refractivity (Wildman–Crippen MR) is 76.3 cm³/mol. The van der Waals surface area contributed by atoms with E-state index in [0.717, 1.165) is 39.0 Å². The summed E-state index contributed by atoms with van der Waals surface area (Å²) >= 11 is 0. The third-order valence-corrected chi connectivity index (χ3v) is 1.71. The first kappa shape index (κ1) is 21.7. The molecule has 1 amide bonds. The second kappa shape index (κ2) is 24.6. The van der Waals surface area contributed by atoms with Gasteiger partial charge in [0, 0.05) is 26.2 Å². The zero-order valence-corrected chi connectivity index (χ0v) is 12.8. The topological polar surface area (TPSA) is 38.3 Å². The molecule has 3 nitrogen and oxygen atoms in total. The van der Waals surface area contributed by atoms with Gasteiger partial charge in [-0.05, 0) is 19.3 Å². The second-order valence-corrected chi connectivity index (χ2v) is 3.02. The molecule has 0 aromatic heterocycles. The van der Waals surface area contributed by atoms with E-state index in [2.05, 4.69) is 12.2 Å². The van der Waals surface area contributed by atoms with Crippen LogP contribution < -0.4 is 5.32 Å². The van der Waals surface area contributed by atoms with Gasteiger partial charge in [-0.15, -0.1) is 0 Å². The molecule has 0 spiro atoms. The lowest BCUT2D eigenvalue weighted by Crippen LogP contribution is -2.23. The summed E-state index contributed by atoms with van der Waals surface area (Å²) in [4.78, 5) is 10.8. The van der Waals surface area contributed by atoms with Crippen molar-refractivity contribution in [2.24, 2.45) is 0 Å². The molecule has 0 rings (SSSR count). The maximum atomic E-state index is 10.8. The van der Waals surface area contributed by atoms with E-state index in [9.17, 15) is 4.79 Å². The molecule has 0 aromatic rings. The van der Waals surface area contributed by atoms with Crippen molar-refractivity contribution in [2.45, 2.75) is 67.2 Å². The van der Waals surface area contributed by atoms with Gasteiger partial charge in [0.25, 0.3) is 0 Å².